The average Bonchev–Trinajstić information content (AvgIpc) is 3.83. The van der Waals surface area contributed by atoms with Crippen LogP contribution >= 0.6 is 0 Å². The standard InChI is InChI=1S/C45H27N5/c1-2-13-28(14-3-1)29-15-12-16-30(27-29)43-46-44(48-45(47-43)50-38-22-9-4-17-31(38)32-18-5-10-23-39(32)50)36-26-25-34-33-19-6-8-21-37(33)49-40-24-11-7-20-35(40)41(36)42(34)49/h1-27H. The summed E-state index contributed by atoms with van der Waals surface area (Å²) in [4.78, 5) is 15.9. The van der Waals surface area contributed by atoms with E-state index in [9.17, 15) is 0 Å². The lowest BCUT2D eigenvalue weighted by atomic mass is 10.0. The monoisotopic (exact) mass is 637 g/mol. The highest BCUT2D eigenvalue weighted by Gasteiger charge is 2.23. The number of benzene rings is 7. The first-order chi connectivity index (χ1) is 24.8. The Morgan fingerprint density at radius 1 is 0.360 bits per heavy atom. The molecule has 0 unspecified atom stereocenters. The van der Waals surface area contributed by atoms with Crippen LogP contribution in [-0.4, -0.2) is 23.9 Å². The van der Waals surface area contributed by atoms with Gasteiger partial charge in [-0.3, -0.25) is 4.57 Å². The smallest absolute Gasteiger partial charge is 0.238 e. The lowest BCUT2D eigenvalue weighted by molar-refractivity contribution is 0.954. The van der Waals surface area contributed by atoms with Gasteiger partial charge in [0.1, 0.15) is 0 Å². The number of nitrogens with zero attached hydrogens (tertiary/aromatic N) is 5. The molecule has 0 aliphatic rings. The summed E-state index contributed by atoms with van der Waals surface area (Å²) in [5.74, 6) is 1.86. The Hall–Kier alpha value is -6.85. The van der Waals surface area contributed by atoms with Gasteiger partial charge in [0.15, 0.2) is 11.6 Å². The van der Waals surface area contributed by atoms with Crippen molar-refractivity contribution in [3.63, 3.8) is 0 Å². The molecular formula is C45H27N5. The largest absolute Gasteiger partial charge is 0.308 e. The van der Waals surface area contributed by atoms with Crippen LogP contribution in [0.15, 0.2) is 164 Å². The Morgan fingerprint density at radius 2 is 0.900 bits per heavy atom. The predicted molar refractivity (Wildman–Crippen MR) is 205 cm³/mol. The van der Waals surface area contributed by atoms with Gasteiger partial charge in [0.2, 0.25) is 5.95 Å². The zero-order valence-corrected chi connectivity index (χ0v) is 26.8. The molecule has 0 amide bonds. The quantitative estimate of drug-likeness (QED) is 0.193. The molecule has 5 nitrogen and oxygen atoms in total. The highest BCUT2D eigenvalue weighted by Crippen LogP contribution is 2.43. The van der Waals surface area contributed by atoms with Crippen molar-refractivity contribution in [2.24, 2.45) is 0 Å². The van der Waals surface area contributed by atoms with Gasteiger partial charge >= 0.3 is 0 Å². The number of rotatable bonds is 4. The van der Waals surface area contributed by atoms with Crippen LogP contribution in [-0.2, 0) is 0 Å². The van der Waals surface area contributed by atoms with Crippen LogP contribution in [0.2, 0.25) is 0 Å². The molecule has 0 bridgehead atoms. The van der Waals surface area contributed by atoms with E-state index in [1.54, 1.807) is 0 Å². The van der Waals surface area contributed by atoms with E-state index in [1.165, 1.54) is 32.7 Å². The van der Waals surface area contributed by atoms with Gasteiger partial charge < -0.3 is 4.40 Å². The van der Waals surface area contributed by atoms with Gasteiger partial charge in [-0.15, -0.1) is 0 Å². The number of fused-ring (bicyclic) bond motifs is 9. The molecule has 50 heavy (non-hydrogen) atoms. The molecule has 7 aromatic carbocycles. The number of aromatic nitrogens is 5. The normalized spacial score (nSPS) is 12.0. The van der Waals surface area contributed by atoms with E-state index in [1.807, 2.05) is 6.07 Å². The van der Waals surface area contributed by atoms with Crippen LogP contribution in [0.3, 0.4) is 0 Å². The van der Waals surface area contributed by atoms with Crippen molar-refractivity contribution < 1.29 is 0 Å². The summed E-state index contributed by atoms with van der Waals surface area (Å²) in [6.07, 6.45) is 0. The summed E-state index contributed by atoms with van der Waals surface area (Å²) in [5.41, 5.74) is 9.85. The Labute approximate surface area is 286 Å². The van der Waals surface area contributed by atoms with Gasteiger partial charge in [0.25, 0.3) is 0 Å². The fourth-order valence-electron chi connectivity index (χ4n) is 7.97. The molecular weight excluding hydrogens is 611 g/mol. The Balaban J connectivity index is 1.25. The summed E-state index contributed by atoms with van der Waals surface area (Å²) in [7, 11) is 0. The van der Waals surface area contributed by atoms with Crippen LogP contribution in [0.4, 0.5) is 0 Å². The second kappa shape index (κ2) is 10.3. The van der Waals surface area contributed by atoms with Crippen molar-refractivity contribution in [2.45, 2.75) is 0 Å². The van der Waals surface area contributed by atoms with Crippen molar-refractivity contribution in [3.8, 4) is 39.9 Å². The Morgan fingerprint density at radius 3 is 1.62 bits per heavy atom. The van der Waals surface area contributed by atoms with Crippen molar-refractivity contribution in [2.75, 3.05) is 0 Å². The van der Waals surface area contributed by atoms with E-state index in [2.05, 4.69) is 167 Å². The third-order valence-electron chi connectivity index (χ3n) is 10.1. The SMILES string of the molecule is c1ccc(-c2cccc(-c3nc(-c4ccc5c6ccccc6n6c7ccccc7c4c56)nc(-n4c5ccccc5c5ccccc54)n3)c2)cc1. The molecule has 0 saturated carbocycles. The van der Waals surface area contributed by atoms with Gasteiger partial charge in [0.05, 0.1) is 27.6 Å². The molecule has 0 fully saturated rings. The fourth-order valence-corrected chi connectivity index (χ4v) is 7.97. The Kier molecular flexibility index (Phi) is 5.60. The number of hydrogen-bond acceptors (Lipinski definition) is 3. The summed E-state index contributed by atoms with van der Waals surface area (Å²) in [5, 5.41) is 7.12. The Bertz CT molecular complexity index is 3040. The fraction of sp³-hybridized carbons (Fsp3) is 0. The van der Waals surface area contributed by atoms with Crippen LogP contribution < -0.4 is 0 Å². The van der Waals surface area contributed by atoms with E-state index in [0.717, 1.165) is 49.4 Å². The first-order valence-electron chi connectivity index (χ1n) is 16.9. The third-order valence-corrected chi connectivity index (χ3v) is 10.1. The molecule has 0 atom stereocenters. The van der Waals surface area contributed by atoms with Crippen LogP contribution in [0.5, 0.6) is 0 Å². The second-order valence-corrected chi connectivity index (χ2v) is 12.9. The lowest BCUT2D eigenvalue weighted by Gasteiger charge is -2.12. The first kappa shape index (κ1) is 27.1. The maximum atomic E-state index is 5.35. The van der Waals surface area contributed by atoms with Crippen LogP contribution in [0.25, 0.3) is 99.8 Å². The van der Waals surface area contributed by atoms with E-state index >= 15 is 0 Å². The number of hydrogen-bond donors (Lipinski definition) is 0. The molecule has 5 heteroatoms. The molecule has 11 rings (SSSR count). The predicted octanol–water partition coefficient (Wildman–Crippen LogP) is 11.1. The highest BCUT2D eigenvalue weighted by atomic mass is 15.2. The van der Waals surface area contributed by atoms with Gasteiger partial charge in [0, 0.05) is 43.4 Å². The lowest BCUT2D eigenvalue weighted by Crippen LogP contribution is -2.06. The summed E-state index contributed by atoms with van der Waals surface area (Å²) < 4.78 is 4.58. The molecule has 0 saturated heterocycles. The topological polar surface area (TPSA) is 48.0 Å². The molecule has 0 spiro atoms. The minimum Gasteiger partial charge on any atom is -0.308 e. The van der Waals surface area contributed by atoms with Gasteiger partial charge in [-0.2, -0.15) is 9.97 Å². The van der Waals surface area contributed by atoms with Gasteiger partial charge in [-0.05, 0) is 47.5 Å². The molecule has 4 heterocycles. The van der Waals surface area contributed by atoms with E-state index in [0.29, 0.717) is 17.6 Å². The van der Waals surface area contributed by atoms with Gasteiger partial charge in [-0.25, -0.2) is 4.98 Å². The van der Waals surface area contributed by atoms with Crippen molar-refractivity contribution >= 4 is 59.9 Å². The average molecular weight is 638 g/mol. The zero-order valence-electron chi connectivity index (χ0n) is 26.8. The second-order valence-electron chi connectivity index (χ2n) is 12.9. The first-order valence-corrected chi connectivity index (χ1v) is 16.9. The highest BCUT2D eigenvalue weighted by molar-refractivity contribution is 6.26. The molecule has 0 aliphatic carbocycles. The summed E-state index contributed by atoms with van der Waals surface area (Å²) in [6.45, 7) is 0. The maximum absolute atomic E-state index is 5.35. The summed E-state index contributed by atoms with van der Waals surface area (Å²) >= 11 is 0. The maximum Gasteiger partial charge on any atom is 0.238 e. The molecule has 11 aromatic rings. The zero-order chi connectivity index (χ0) is 32.8. The van der Waals surface area contributed by atoms with Gasteiger partial charge in [-0.1, -0.05) is 127 Å². The molecule has 4 aromatic heterocycles. The van der Waals surface area contributed by atoms with E-state index in [-0.39, 0.29) is 0 Å². The molecule has 232 valence electrons. The summed E-state index contributed by atoms with van der Waals surface area (Å²) in [6, 6.07) is 57.7. The van der Waals surface area contributed by atoms with Crippen molar-refractivity contribution in [3.05, 3.63) is 164 Å². The molecule has 0 aliphatic heterocycles. The third kappa shape index (κ3) is 3.80. The number of para-hydroxylation sites is 4. The van der Waals surface area contributed by atoms with Crippen molar-refractivity contribution in [1.29, 1.82) is 0 Å². The van der Waals surface area contributed by atoms with E-state index < -0.39 is 0 Å². The molecule has 0 radical (unpaired) electrons. The van der Waals surface area contributed by atoms with Crippen molar-refractivity contribution in [1.82, 2.24) is 23.9 Å². The van der Waals surface area contributed by atoms with Crippen LogP contribution in [0, 0.1) is 0 Å². The van der Waals surface area contributed by atoms with Crippen LogP contribution in [0.1, 0.15) is 0 Å². The minimum absolute atomic E-state index is 0.589. The van der Waals surface area contributed by atoms with E-state index in [4.69, 9.17) is 15.0 Å². The molecule has 0 N–H and O–H groups in total. The minimum atomic E-state index is 0.589.